The average Bonchev–Trinajstić information content (AvgIpc) is 3.01. The lowest BCUT2D eigenvalue weighted by Crippen LogP contribution is -2.33. The van der Waals surface area contributed by atoms with Gasteiger partial charge in [0.05, 0.1) is 0 Å². The fourth-order valence-electron chi connectivity index (χ4n) is 4.37. The number of benzene rings is 2. The highest BCUT2D eigenvalue weighted by molar-refractivity contribution is 5.96. The summed E-state index contributed by atoms with van der Waals surface area (Å²) in [6.07, 6.45) is 1.67. The molecule has 3 aliphatic rings. The Morgan fingerprint density at radius 3 is 2.76 bits per heavy atom. The molecular weight excluding hydrogens is 370 g/mol. The van der Waals surface area contributed by atoms with E-state index in [-0.39, 0.29) is 30.1 Å². The van der Waals surface area contributed by atoms with Crippen LogP contribution in [0.15, 0.2) is 42.5 Å². The van der Waals surface area contributed by atoms with Crippen LogP contribution in [0.5, 0.6) is 11.5 Å². The SMILES string of the molecule is Cc1cccc(NC(=O)N2CC[C@]3(C[C@H]3C(=O)Nc3ccc4c(c3)OCO4)C2)c1. The second-order valence-corrected chi connectivity index (χ2v) is 8.15. The van der Waals surface area contributed by atoms with Gasteiger partial charge in [-0.1, -0.05) is 12.1 Å². The fourth-order valence-corrected chi connectivity index (χ4v) is 4.37. The minimum atomic E-state index is -0.102. The van der Waals surface area contributed by atoms with Gasteiger partial charge in [-0.3, -0.25) is 4.79 Å². The van der Waals surface area contributed by atoms with E-state index in [1.807, 2.05) is 42.2 Å². The quantitative estimate of drug-likeness (QED) is 0.835. The third-order valence-electron chi connectivity index (χ3n) is 6.09. The summed E-state index contributed by atoms with van der Waals surface area (Å²) in [4.78, 5) is 27.2. The fraction of sp³-hybridized carbons (Fsp3) is 0.364. The molecule has 0 radical (unpaired) electrons. The van der Waals surface area contributed by atoms with Crippen LogP contribution in [-0.2, 0) is 4.79 Å². The van der Waals surface area contributed by atoms with E-state index in [1.54, 1.807) is 12.1 Å². The van der Waals surface area contributed by atoms with Gasteiger partial charge in [0.15, 0.2) is 11.5 Å². The molecule has 2 aliphatic heterocycles. The largest absolute Gasteiger partial charge is 0.454 e. The molecule has 1 saturated carbocycles. The number of anilines is 2. The van der Waals surface area contributed by atoms with E-state index in [0.29, 0.717) is 30.3 Å². The average molecular weight is 393 g/mol. The van der Waals surface area contributed by atoms with Crippen molar-refractivity contribution >= 4 is 23.3 Å². The standard InChI is InChI=1S/C22H23N3O4/c1-14-3-2-4-15(9-14)24-21(27)25-8-7-22(12-25)11-17(22)20(26)23-16-5-6-18-19(10-16)29-13-28-18/h2-6,9-10,17H,7-8,11-13H2,1H3,(H,23,26)(H,24,27)/t17-,22-/m0/s1. The van der Waals surface area contributed by atoms with Gasteiger partial charge < -0.3 is 25.0 Å². The summed E-state index contributed by atoms with van der Waals surface area (Å²) < 4.78 is 10.7. The molecule has 7 nitrogen and oxygen atoms in total. The van der Waals surface area contributed by atoms with Crippen LogP contribution in [0, 0.1) is 18.3 Å². The van der Waals surface area contributed by atoms with Crippen molar-refractivity contribution in [3.8, 4) is 11.5 Å². The van der Waals surface area contributed by atoms with Crippen LogP contribution in [0.25, 0.3) is 0 Å². The highest BCUT2D eigenvalue weighted by Crippen LogP contribution is 2.58. The maximum atomic E-state index is 12.7. The zero-order valence-corrected chi connectivity index (χ0v) is 16.2. The van der Waals surface area contributed by atoms with Crippen molar-refractivity contribution in [2.24, 2.45) is 11.3 Å². The smallest absolute Gasteiger partial charge is 0.321 e. The molecule has 1 saturated heterocycles. The Bertz CT molecular complexity index is 992. The Balaban J connectivity index is 1.18. The van der Waals surface area contributed by atoms with E-state index in [1.165, 1.54) is 0 Å². The molecule has 2 N–H and O–H groups in total. The van der Waals surface area contributed by atoms with Gasteiger partial charge in [0.1, 0.15) is 0 Å². The Morgan fingerprint density at radius 1 is 1.07 bits per heavy atom. The van der Waals surface area contributed by atoms with E-state index in [4.69, 9.17) is 9.47 Å². The third kappa shape index (κ3) is 3.37. The molecular formula is C22H23N3O4. The van der Waals surface area contributed by atoms with Gasteiger partial charge in [0.2, 0.25) is 12.7 Å². The molecule has 0 bridgehead atoms. The Hall–Kier alpha value is -3.22. The molecule has 0 unspecified atom stereocenters. The maximum absolute atomic E-state index is 12.7. The van der Waals surface area contributed by atoms with Crippen LogP contribution in [0.1, 0.15) is 18.4 Å². The number of hydrogen-bond donors (Lipinski definition) is 2. The van der Waals surface area contributed by atoms with Gasteiger partial charge in [0.25, 0.3) is 0 Å². The lowest BCUT2D eigenvalue weighted by molar-refractivity contribution is -0.118. The molecule has 2 atom stereocenters. The summed E-state index contributed by atoms with van der Waals surface area (Å²) in [6, 6.07) is 13.0. The van der Waals surface area contributed by atoms with Gasteiger partial charge >= 0.3 is 6.03 Å². The highest BCUT2D eigenvalue weighted by atomic mass is 16.7. The predicted octanol–water partition coefficient (Wildman–Crippen LogP) is 3.61. The molecule has 2 aromatic carbocycles. The van der Waals surface area contributed by atoms with Crippen LogP contribution in [0.3, 0.4) is 0 Å². The summed E-state index contributed by atoms with van der Waals surface area (Å²) in [5.74, 6) is 1.28. The lowest BCUT2D eigenvalue weighted by atomic mass is 10.0. The number of urea groups is 1. The van der Waals surface area contributed by atoms with E-state index >= 15 is 0 Å². The molecule has 1 spiro atoms. The topological polar surface area (TPSA) is 79.9 Å². The molecule has 29 heavy (non-hydrogen) atoms. The molecule has 5 rings (SSSR count). The first-order valence-corrected chi connectivity index (χ1v) is 9.86. The van der Waals surface area contributed by atoms with Crippen LogP contribution in [0.4, 0.5) is 16.2 Å². The van der Waals surface area contributed by atoms with Crippen LogP contribution in [-0.4, -0.2) is 36.7 Å². The van der Waals surface area contributed by atoms with E-state index in [2.05, 4.69) is 10.6 Å². The number of carbonyl (C=O) groups is 2. The minimum absolute atomic E-state index is 0.00445. The van der Waals surface area contributed by atoms with Crippen LogP contribution in [0.2, 0.25) is 0 Å². The maximum Gasteiger partial charge on any atom is 0.321 e. The number of nitrogens with one attached hydrogen (secondary N) is 2. The van der Waals surface area contributed by atoms with Crippen molar-refractivity contribution < 1.29 is 19.1 Å². The number of likely N-dealkylation sites (tertiary alicyclic amines) is 1. The monoisotopic (exact) mass is 393 g/mol. The summed E-state index contributed by atoms with van der Waals surface area (Å²) in [7, 11) is 0. The van der Waals surface area contributed by atoms with E-state index < -0.39 is 0 Å². The Labute approximate surface area is 169 Å². The van der Waals surface area contributed by atoms with Gasteiger partial charge in [-0.15, -0.1) is 0 Å². The molecule has 7 heteroatoms. The number of nitrogens with zero attached hydrogens (tertiary/aromatic N) is 1. The molecule has 3 amide bonds. The van der Waals surface area contributed by atoms with Crippen molar-refractivity contribution in [1.82, 2.24) is 4.90 Å². The molecule has 2 heterocycles. The van der Waals surface area contributed by atoms with Gasteiger partial charge in [-0.25, -0.2) is 4.79 Å². The first-order valence-electron chi connectivity index (χ1n) is 9.86. The lowest BCUT2D eigenvalue weighted by Gasteiger charge is -2.18. The first kappa shape index (κ1) is 17.8. The molecule has 2 fully saturated rings. The number of carbonyl (C=O) groups excluding carboxylic acids is 2. The second-order valence-electron chi connectivity index (χ2n) is 8.15. The minimum Gasteiger partial charge on any atom is -0.454 e. The Morgan fingerprint density at radius 2 is 1.90 bits per heavy atom. The predicted molar refractivity (Wildman–Crippen MR) is 108 cm³/mol. The number of fused-ring (bicyclic) bond motifs is 1. The van der Waals surface area contributed by atoms with Gasteiger partial charge in [0, 0.05) is 41.9 Å². The van der Waals surface area contributed by atoms with Crippen LogP contribution < -0.4 is 20.1 Å². The van der Waals surface area contributed by atoms with Gasteiger partial charge in [-0.2, -0.15) is 0 Å². The second kappa shape index (κ2) is 6.69. The number of rotatable bonds is 3. The molecule has 150 valence electrons. The highest BCUT2D eigenvalue weighted by Gasteiger charge is 2.61. The van der Waals surface area contributed by atoms with Gasteiger partial charge in [-0.05, 0) is 49.6 Å². The zero-order chi connectivity index (χ0) is 20.0. The Kier molecular flexibility index (Phi) is 4.12. The van der Waals surface area contributed by atoms with Crippen molar-refractivity contribution in [2.45, 2.75) is 19.8 Å². The summed E-state index contributed by atoms with van der Waals surface area (Å²) >= 11 is 0. The number of amides is 3. The number of aryl methyl sites for hydroxylation is 1. The number of ether oxygens (including phenoxy) is 2. The first-order chi connectivity index (χ1) is 14.0. The van der Waals surface area contributed by atoms with Crippen molar-refractivity contribution in [1.29, 1.82) is 0 Å². The third-order valence-corrected chi connectivity index (χ3v) is 6.09. The number of hydrogen-bond acceptors (Lipinski definition) is 4. The summed E-state index contributed by atoms with van der Waals surface area (Å²) in [5.41, 5.74) is 2.50. The molecule has 0 aromatic heterocycles. The van der Waals surface area contributed by atoms with Crippen LogP contribution >= 0.6 is 0 Å². The van der Waals surface area contributed by atoms with Crippen molar-refractivity contribution in [2.75, 3.05) is 30.5 Å². The zero-order valence-electron chi connectivity index (χ0n) is 16.2. The van der Waals surface area contributed by atoms with Crippen molar-refractivity contribution in [3.05, 3.63) is 48.0 Å². The summed E-state index contributed by atoms with van der Waals surface area (Å²) in [6.45, 7) is 3.49. The molecule has 2 aromatic rings. The molecule has 1 aliphatic carbocycles. The summed E-state index contributed by atoms with van der Waals surface area (Å²) in [5, 5.41) is 5.94. The van der Waals surface area contributed by atoms with Crippen molar-refractivity contribution in [3.63, 3.8) is 0 Å². The van der Waals surface area contributed by atoms with E-state index in [9.17, 15) is 9.59 Å². The normalized spacial score (nSPS) is 23.9. The van der Waals surface area contributed by atoms with E-state index in [0.717, 1.165) is 24.1 Å².